The molecule has 0 unspecified atom stereocenters. The summed E-state index contributed by atoms with van der Waals surface area (Å²) >= 11 is 0. The quantitative estimate of drug-likeness (QED) is 0.294. The van der Waals surface area contributed by atoms with Crippen molar-refractivity contribution in [1.29, 1.82) is 0 Å². The minimum atomic E-state index is -0.150. The second-order valence-corrected chi connectivity index (χ2v) is 6.70. The number of hydrogen-bond acceptors (Lipinski definition) is 3. The van der Waals surface area contributed by atoms with Gasteiger partial charge in [0.05, 0.1) is 6.61 Å². The van der Waals surface area contributed by atoms with Crippen molar-refractivity contribution in [2.24, 2.45) is 0 Å². The van der Waals surface area contributed by atoms with Crippen LogP contribution in [0.15, 0.2) is 0 Å². The zero-order chi connectivity index (χ0) is 17.9. The molecule has 0 aliphatic carbocycles. The van der Waals surface area contributed by atoms with Crippen LogP contribution in [0.3, 0.4) is 0 Å². The van der Waals surface area contributed by atoms with Crippen LogP contribution >= 0.6 is 0 Å². The largest absolute Gasteiger partial charge is 0.466 e. The molecule has 0 heterocycles. The van der Waals surface area contributed by atoms with Crippen LogP contribution in [0, 0.1) is 0 Å². The third-order valence-electron chi connectivity index (χ3n) is 4.19. The Morgan fingerprint density at radius 2 is 1.25 bits per heavy atom. The summed E-state index contributed by atoms with van der Waals surface area (Å²) in [4.78, 5) is 22.1. The highest BCUT2D eigenvalue weighted by molar-refractivity contribution is 5.73. The van der Waals surface area contributed by atoms with E-state index in [1.165, 1.54) is 71.1 Å². The maximum absolute atomic E-state index is 11.5. The molecule has 4 nitrogen and oxygen atoms in total. The Morgan fingerprint density at radius 3 is 1.75 bits per heavy atom. The first kappa shape index (κ1) is 22.9. The van der Waals surface area contributed by atoms with Gasteiger partial charge in [0.15, 0.2) is 0 Å². The molecule has 4 heteroatoms. The fraction of sp³-hybridized carbons (Fsp3) is 0.900. The Morgan fingerprint density at radius 1 is 0.750 bits per heavy atom. The van der Waals surface area contributed by atoms with Gasteiger partial charge in [0.25, 0.3) is 0 Å². The Kier molecular flexibility index (Phi) is 17.5. The second-order valence-electron chi connectivity index (χ2n) is 6.70. The molecule has 0 bridgehead atoms. The summed E-state index contributed by atoms with van der Waals surface area (Å²) < 4.78 is 5.19. The van der Waals surface area contributed by atoms with E-state index in [2.05, 4.69) is 12.2 Å². The topological polar surface area (TPSA) is 55.4 Å². The van der Waals surface area contributed by atoms with E-state index < -0.39 is 0 Å². The SMILES string of the molecule is CCCCCCCCCCCCCCOC(=O)CCCNC(C)=O. The van der Waals surface area contributed by atoms with Crippen molar-refractivity contribution in [2.45, 2.75) is 104 Å². The first-order valence-electron chi connectivity index (χ1n) is 10.1. The lowest BCUT2D eigenvalue weighted by Crippen LogP contribution is -2.21. The average molecular weight is 342 g/mol. The predicted octanol–water partition coefficient (Wildman–Crippen LogP) is 5.15. The number of rotatable bonds is 17. The van der Waals surface area contributed by atoms with Crippen LogP contribution in [0.4, 0.5) is 0 Å². The van der Waals surface area contributed by atoms with Gasteiger partial charge in [0.2, 0.25) is 5.91 Å². The predicted molar refractivity (Wildman–Crippen MR) is 100.0 cm³/mol. The summed E-state index contributed by atoms with van der Waals surface area (Å²) in [5.41, 5.74) is 0. The van der Waals surface area contributed by atoms with Crippen molar-refractivity contribution >= 4 is 11.9 Å². The van der Waals surface area contributed by atoms with Gasteiger partial charge in [-0.05, 0) is 12.8 Å². The van der Waals surface area contributed by atoms with E-state index in [-0.39, 0.29) is 11.9 Å². The number of ether oxygens (including phenoxy) is 1. The van der Waals surface area contributed by atoms with Crippen LogP contribution in [0.5, 0.6) is 0 Å². The molecule has 0 atom stereocenters. The van der Waals surface area contributed by atoms with Crippen molar-refractivity contribution in [2.75, 3.05) is 13.2 Å². The third-order valence-corrected chi connectivity index (χ3v) is 4.19. The number of nitrogens with one attached hydrogen (secondary N) is 1. The molecule has 1 amide bonds. The van der Waals surface area contributed by atoms with Crippen molar-refractivity contribution in [3.8, 4) is 0 Å². The lowest BCUT2D eigenvalue weighted by molar-refractivity contribution is -0.144. The van der Waals surface area contributed by atoms with E-state index in [0.717, 1.165) is 12.8 Å². The molecule has 0 radical (unpaired) electrons. The molecule has 0 aliphatic rings. The van der Waals surface area contributed by atoms with Crippen LogP contribution in [-0.4, -0.2) is 25.0 Å². The molecule has 0 fully saturated rings. The van der Waals surface area contributed by atoms with E-state index in [1.54, 1.807) is 0 Å². The fourth-order valence-electron chi connectivity index (χ4n) is 2.70. The van der Waals surface area contributed by atoms with E-state index in [4.69, 9.17) is 4.74 Å². The van der Waals surface area contributed by atoms with E-state index in [9.17, 15) is 9.59 Å². The summed E-state index contributed by atoms with van der Waals surface area (Å²) in [5.74, 6) is -0.205. The molecule has 142 valence electrons. The molecule has 0 spiro atoms. The van der Waals surface area contributed by atoms with Crippen molar-refractivity contribution in [3.05, 3.63) is 0 Å². The van der Waals surface area contributed by atoms with Crippen molar-refractivity contribution in [3.63, 3.8) is 0 Å². The number of hydrogen-bond donors (Lipinski definition) is 1. The number of unbranched alkanes of at least 4 members (excludes halogenated alkanes) is 11. The molecule has 1 N–H and O–H groups in total. The van der Waals surface area contributed by atoms with Crippen LogP contribution in [0.1, 0.15) is 104 Å². The van der Waals surface area contributed by atoms with Crippen LogP contribution in [0.2, 0.25) is 0 Å². The van der Waals surface area contributed by atoms with Gasteiger partial charge in [0.1, 0.15) is 0 Å². The second kappa shape index (κ2) is 18.3. The molecule has 0 saturated heterocycles. The van der Waals surface area contributed by atoms with Gasteiger partial charge in [-0.15, -0.1) is 0 Å². The summed E-state index contributed by atoms with van der Waals surface area (Å²) in [5, 5.41) is 2.67. The fourth-order valence-corrected chi connectivity index (χ4v) is 2.70. The average Bonchev–Trinajstić information content (AvgIpc) is 2.55. The van der Waals surface area contributed by atoms with Crippen molar-refractivity contribution in [1.82, 2.24) is 5.32 Å². The smallest absolute Gasteiger partial charge is 0.305 e. The summed E-state index contributed by atoms with van der Waals surface area (Å²) in [6.45, 7) is 4.82. The Balaban J connectivity index is 3.14. The maximum atomic E-state index is 11.5. The molecular weight excluding hydrogens is 302 g/mol. The van der Waals surface area contributed by atoms with E-state index in [0.29, 0.717) is 26.0 Å². The van der Waals surface area contributed by atoms with Crippen LogP contribution < -0.4 is 5.32 Å². The Hall–Kier alpha value is -1.06. The number of esters is 1. The molecule has 0 aromatic rings. The minimum absolute atomic E-state index is 0.0557. The summed E-state index contributed by atoms with van der Waals surface area (Å²) in [6.07, 6.45) is 16.7. The molecule has 24 heavy (non-hydrogen) atoms. The highest BCUT2D eigenvalue weighted by Gasteiger charge is 2.02. The molecule has 0 aliphatic heterocycles. The highest BCUT2D eigenvalue weighted by Crippen LogP contribution is 2.11. The standard InChI is InChI=1S/C20H39NO3/c1-3-4-5-6-7-8-9-10-11-12-13-14-18-24-20(23)16-15-17-21-19(2)22/h3-18H2,1-2H3,(H,21,22). The Bertz CT molecular complexity index is 305. The first-order valence-corrected chi connectivity index (χ1v) is 10.1. The maximum Gasteiger partial charge on any atom is 0.305 e. The van der Waals surface area contributed by atoms with Gasteiger partial charge >= 0.3 is 5.97 Å². The number of carbonyl (C=O) groups excluding carboxylic acids is 2. The van der Waals surface area contributed by atoms with E-state index >= 15 is 0 Å². The highest BCUT2D eigenvalue weighted by atomic mass is 16.5. The minimum Gasteiger partial charge on any atom is -0.466 e. The molecule has 0 aromatic heterocycles. The lowest BCUT2D eigenvalue weighted by Gasteiger charge is -2.05. The monoisotopic (exact) mass is 341 g/mol. The zero-order valence-corrected chi connectivity index (χ0v) is 16.0. The van der Waals surface area contributed by atoms with Gasteiger partial charge < -0.3 is 10.1 Å². The summed E-state index contributed by atoms with van der Waals surface area (Å²) in [7, 11) is 0. The van der Waals surface area contributed by atoms with Gasteiger partial charge in [-0.3, -0.25) is 9.59 Å². The molecule has 0 rings (SSSR count). The van der Waals surface area contributed by atoms with Gasteiger partial charge in [-0.25, -0.2) is 0 Å². The van der Waals surface area contributed by atoms with Crippen molar-refractivity contribution < 1.29 is 14.3 Å². The zero-order valence-electron chi connectivity index (χ0n) is 16.0. The molecular formula is C20H39NO3. The van der Waals surface area contributed by atoms with Crippen LogP contribution in [0.25, 0.3) is 0 Å². The Labute approximate surface area is 149 Å². The number of amides is 1. The number of carbonyl (C=O) groups is 2. The summed E-state index contributed by atoms with van der Waals surface area (Å²) in [6, 6.07) is 0. The van der Waals surface area contributed by atoms with Gasteiger partial charge in [0, 0.05) is 19.9 Å². The molecule has 0 aromatic carbocycles. The van der Waals surface area contributed by atoms with Crippen LogP contribution in [-0.2, 0) is 14.3 Å². The normalized spacial score (nSPS) is 10.6. The third kappa shape index (κ3) is 19.0. The van der Waals surface area contributed by atoms with Gasteiger partial charge in [-0.2, -0.15) is 0 Å². The lowest BCUT2D eigenvalue weighted by atomic mass is 10.1. The first-order chi connectivity index (χ1) is 11.7. The van der Waals surface area contributed by atoms with Gasteiger partial charge in [-0.1, -0.05) is 77.6 Å². The molecule has 0 saturated carbocycles. The van der Waals surface area contributed by atoms with E-state index in [1.807, 2.05) is 0 Å².